The normalized spacial score (nSPS) is 11.2. The molecule has 0 saturated carbocycles. The van der Waals surface area contributed by atoms with Crippen LogP contribution in [0.4, 0.5) is 11.6 Å². The summed E-state index contributed by atoms with van der Waals surface area (Å²) < 4.78 is 0. The summed E-state index contributed by atoms with van der Waals surface area (Å²) in [6.07, 6.45) is 0. The molecule has 5 rings (SSSR count). The lowest BCUT2D eigenvalue weighted by atomic mass is 10.2. The molecule has 0 unspecified atom stereocenters. The number of aromatic amines is 1. The minimum atomic E-state index is 0.522. The third kappa shape index (κ3) is 4.15. The van der Waals surface area contributed by atoms with Crippen LogP contribution in [-0.4, -0.2) is 28.0 Å². The fourth-order valence-electron chi connectivity index (χ4n) is 3.55. The highest BCUT2D eigenvalue weighted by atomic mass is 35.5. The first-order valence-corrected chi connectivity index (χ1v) is 10.7. The van der Waals surface area contributed by atoms with Gasteiger partial charge in [-0.3, -0.25) is 0 Å². The first-order chi connectivity index (χ1) is 15.2. The quantitative estimate of drug-likeness (QED) is 0.256. The van der Waals surface area contributed by atoms with Gasteiger partial charge in [-0.2, -0.15) is 0 Å². The van der Waals surface area contributed by atoms with Gasteiger partial charge in [0.05, 0.1) is 10.5 Å². The molecule has 5 aromatic rings. The lowest BCUT2D eigenvalue weighted by Crippen LogP contribution is -2.15. The number of hydrogen-bond acceptors (Lipinski definition) is 4. The molecule has 2 aromatic heterocycles. The Morgan fingerprint density at radius 1 is 0.806 bits per heavy atom. The Morgan fingerprint density at radius 3 is 2.48 bits per heavy atom. The molecule has 0 aliphatic rings. The fraction of sp³-hybridized carbons (Fsp3) is 0.0833. The second-order valence-electron chi connectivity index (χ2n) is 7.16. The van der Waals surface area contributed by atoms with Crippen molar-refractivity contribution >= 4 is 56.6 Å². The molecule has 7 heteroatoms. The topological polar surface area (TPSA) is 65.6 Å². The van der Waals surface area contributed by atoms with Crippen molar-refractivity contribution in [3.05, 3.63) is 82.8 Å². The van der Waals surface area contributed by atoms with Crippen molar-refractivity contribution < 1.29 is 0 Å². The van der Waals surface area contributed by atoms with Crippen molar-refractivity contribution in [2.24, 2.45) is 0 Å². The van der Waals surface area contributed by atoms with Crippen molar-refractivity contribution in [1.29, 1.82) is 0 Å². The zero-order valence-corrected chi connectivity index (χ0v) is 18.0. The average Bonchev–Trinajstić information content (AvgIpc) is 3.19. The summed E-state index contributed by atoms with van der Waals surface area (Å²) in [4.78, 5) is 12.8. The molecule has 0 saturated heterocycles. The lowest BCUT2D eigenvalue weighted by molar-refractivity contribution is 1.05. The molecule has 0 atom stereocenters. The Balaban J connectivity index is 1.37. The van der Waals surface area contributed by atoms with Crippen LogP contribution < -0.4 is 10.6 Å². The number of nitrogens with one attached hydrogen (secondary N) is 3. The van der Waals surface area contributed by atoms with Crippen LogP contribution in [0.5, 0.6) is 0 Å². The summed E-state index contributed by atoms with van der Waals surface area (Å²) in [5.41, 5.74) is 2.71. The van der Waals surface area contributed by atoms with Crippen LogP contribution >= 0.6 is 23.2 Å². The summed E-state index contributed by atoms with van der Waals surface area (Å²) in [7, 11) is 0. The molecule has 0 aliphatic heterocycles. The highest BCUT2D eigenvalue weighted by Crippen LogP contribution is 2.31. The highest BCUT2D eigenvalue weighted by molar-refractivity contribution is 6.36. The molecule has 2 heterocycles. The van der Waals surface area contributed by atoms with Crippen molar-refractivity contribution in [2.45, 2.75) is 0 Å². The monoisotopic (exact) mass is 447 g/mol. The van der Waals surface area contributed by atoms with E-state index in [2.05, 4.69) is 33.8 Å². The van der Waals surface area contributed by atoms with Gasteiger partial charge in [0.2, 0.25) is 0 Å². The molecular weight excluding hydrogens is 429 g/mol. The number of nitrogens with zero attached hydrogens (tertiary/aromatic N) is 2. The molecule has 154 valence electrons. The predicted octanol–water partition coefficient (Wildman–Crippen LogP) is 6.61. The van der Waals surface area contributed by atoms with E-state index in [1.807, 2.05) is 42.5 Å². The first kappa shape index (κ1) is 19.7. The average molecular weight is 448 g/mol. The smallest absolute Gasteiger partial charge is 0.163 e. The molecule has 0 radical (unpaired) electrons. The number of halogens is 2. The number of para-hydroxylation sites is 2. The van der Waals surface area contributed by atoms with E-state index in [0.717, 1.165) is 40.2 Å². The second kappa shape index (κ2) is 8.46. The van der Waals surface area contributed by atoms with Gasteiger partial charge in [0.1, 0.15) is 11.6 Å². The second-order valence-corrected chi connectivity index (χ2v) is 8.00. The number of benzene rings is 3. The Kier molecular flexibility index (Phi) is 5.37. The van der Waals surface area contributed by atoms with Crippen LogP contribution in [0.15, 0.2) is 72.8 Å². The van der Waals surface area contributed by atoms with Gasteiger partial charge in [0, 0.05) is 40.0 Å². The first-order valence-electron chi connectivity index (χ1n) is 9.95. The van der Waals surface area contributed by atoms with Gasteiger partial charge in [-0.25, -0.2) is 9.97 Å². The number of aromatic nitrogens is 3. The molecule has 3 aromatic carbocycles. The van der Waals surface area contributed by atoms with Gasteiger partial charge in [-0.1, -0.05) is 53.5 Å². The molecular formula is C24H19Cl2N5. The highest BCUT2D eigenvalue weighted by Gasteiger charge is 2.12. The zero-order chi connectivity index (χ0) is 21.2. The molecule has 0 fully saturated rings. The van der Waals surface area contributed by atoms with Crippen LogP contribution in [-0.2, 0) is 0 Å². The third-order valence-electron chi connectivity index (χ3n) is 5.04. The van der Waals surface area contributed by atoms with Crippen LogP contribution in [0, 0.1) is 0 Å². The number of H-pyrrole nitrogens is 1. The van der Waals surface area contributed by atoms with Gasteiger partial charge < -0.3 is 15.6 Å². The van der Waals surface area contributed by atoms with E-state index in [1.54, 1.807) is 12.1 Å². The minimum Gasteiger partial charge on any atom is -0.370 e. The number of fused-ring (bicyclic) bond motifs is 2. The Hall–Kier alpha value is -3.28. The van der Waals surface area contributed by atoms with E-state index < -0.39 is 0 Å². The predicted molar refractivity (Wildman–Crippen MR) is 130 cm³/mol. The Morgan fingerprint density at radius 2 is 1.61 bits per heavy atom. The zero-order valence-electron chi connectivity index (χ0n) is 16.5. The van der Waals surface area contributed by atoms with E-state index in [4.69, 9.17) is 33.2 Å². The molecule has 3 N–H and O–H groups in total. The molecule has 0 aliphatic carbocycles. The van der Waals surface area contributed by atoms with E-state index >= 15 is 0 Å². The lowest BCUT2D eigenvalue weighted by Gasteiger charge is -2.12. The maximum absolute atomic E-state index is 6.40. The Bertz CT molecular complexity index is 1350. The molecule has 0 spiro atoms. The van der Waals surface area contributed by atoms with Gasteiger partial charge in [0.25, 0.3) is 0 Å². The van der Waals surface area contributed by atoms with E-state index in [-0.39, 0.29) is 0 Å². The van der Waals surface area contributed by atoms with E-state index in [0.29, 0.717) is 22.4 Å². The summed E-state index contributed by atoms with van der Waals surface area (Å²) in [5.74, 6) is 2.32. The van der Waals surface area contributed by atoms with Crippen molar-refractivity contribution in [3.63, 3.8) is 0 Å². The van der Waals surface area contributed by atoms with Crippen molar-refractivity contribution in [3.8, 4) is 11.4 Å². The summed E-state index contributed by atoms with van der Waals surface area (Å²) >= 11 is 12.4. The van der Waals surface area contributed by atoms with E-state index in [9.17, 15) is 0 Å². The number of hydrogen-bond donors (Lipinski definition) is 3. The summed E-state index contributed by atoms with van der Waals surface area (Å²) in [6.45, 7) is 1.41. The van der Waals surface area contributed by atoms with Crippen LogP contribution in [0.2, 0.25) is 10.0 Å². The van der Waals surface area contributed by atoms with Gasteiger partial charge in [-0.15, -0.1) is 0 Å². The molecule has 31 heavy (non-hydrogen) atoms. The third-order valence-corrected chi connectivity index (χ3v) is 5.59. The minimum absolute atomic E-state index is 0.522. The molecule has 0 bridgehead atoms. The summed E-state index contributed by atoms with van der Waals surface area (Å²) in [5, 5.41) is 10.1. The number of anilines is 2. The molecule has 0 amide bonds. The van der Waals surface area contributed by atoms with Gasteiger partial charge in [-0.05, 0) is 42.5 Å². The van der Waals surface area contributed by atoms with Crippen LogP contribution in [0.1, 0.15) is 0 Å². The molecule has 5 nitrogen and oxygen atoms in total. The maximum atomic E-state index is 6.40. The van der Waals surface area contributed by atoms with Crippen LogP contribution in [0.3, 0.4) is 0 Å². The number of rotatable bonds is 6. The SMILES string of the molecule is Clc1ccc(-c2nc(NCCNc3cc4ccccc4[nH]3)c3ccccc3n2)c(Cl)c1. The van der Waals surface area contributed by atoms with Crippen molar-refractivity contribution in [1.82, 2.24) is 15.0 Å². The van der Waals surface area contributed by atoms with Gasteiger partial charge in [0.15, 0.2) is 5.82 Å². The standard InChI is InChI=1S/C24H19Cl2N5/c25-16-9-10-17(19(26)14-16)24-30-21-8-4-2-6-18(21)23(31-24)28-12-11-27-22-13-15-5-1-3-7-20(15)29-22/h1-10,13-14,27,29H,11-12H2,(H,28,30,31). The Labute approximate surface area is 189 Å². The maximum Gasteiger partial charge on any atom is 0.163 e. The van der Waals surface area contributed by atoms with E-state index in [1.165, 1.54) is 5.39 Å². The van der Waals surface area contributed by atoms with Gasteiger partial charge >= 0.3 is 0 Å². The largest absolute Gasteiger partial charge is 0.370 e. The fourth-order valence-corrected chi connectivity index (χ4v) is 4.04. The summed E-state index contributed by atoms with van der Waals surface area (Å²) in [6, 6.07) is 23.6. The van der Waals surface area contributed by atoms with Crippen molar-refractivity contribution in [2.75, 3.05) is 23.7 Å². The van der Waals surface area contributed by atoms with Crippen LogP contribution in [0.25, 0.3) is 33.2 Å².